The molecule has 0 saturated heterocycles. The second-order valence-corrected chi connectivity index (χ2v) is 5.68. The third-order valence-corrected chi connectivity index (χ3v) is 4.04. The molecule has 0 fully saturated rings. The quantitative estimate of drug-likeness (QED) is 0.737. The van der Waals surface area contributed by atoms with Crippen molar-refractivity contribution in [3.8, 4) is 17.2 Å². The Labute approximate surface area is 142 Å². The van der Waals surface area contributed by atoms with Gasteiger partial charge in [0.25, 0.3) is 0 Å². The molecule has 0 bridgehead atoms. The molecule has 0 aliphatic carbocycles. The number of ether oxygens (including phenoxy) is 4. The van der Waals surface area contributed by atoms with Crippen LogP contribution in [0.3, 0.4) is 0 Å². The van der Waals surface area contributed by atoms with Gasteiger partial charge in [0.2, 0.25) is 6.79 Å². The van der Waals surface area contributed by atoms with E-state index in [1.807, 2.05) is 13.0 Å². The highest BCUT2D eigenvalue weighted by atomic mass is 79.9. The van der Waals surface area contributed by atoms with E-state index in [-0.39, 0.29) is 13.4 Å². The third-order valence-electron chi connectivity index (χ3n) is 3.30. The highest BCUT2D eigenvalue weighted by Crippen LogP contribution is 2.37. The van der Waals surface area contributed by atoms with E-state index in [4.69, 9.17) is 18.9 Å². The summed E-state index contributed by atoms with van der Waals surface area (Å²) in [5, 5.41) is 0. The Morgan fingerprint density at radius 3 is 2.57 bits per heavy atom. The van der Waals surface area contributed by atoms with Crippen molar-refractivity contribution in [1.82, 2.24) is 0 Å². The Morgan fingerprint density at radius 2 is 1.87 bits per heavy atom. The molecule has 0 saturated carbocycles. The van der Waals surface area contributed by atoms with Crippen molar-refractivity contribution in [3.63, 3.8) is 0 Å². The zero-order valence-electron chi connectivity index (χ0n) is 12.5. The first-order valence-electron chi connectivity index (χ1n) is 7.15. The van der Waals surface area contributed by atoms with Crippen LogP contribution in [0.25, 0.3) is 0 Å². The summed E-state index contributed by atoms with van der Waals surface area (Å²) in [6, 6.07) is 10.5. The van der Waals surface area contributed by atoms with Gasteiger partial charge in [0.15, 0.2) is 11.5 Å². The Morgan fingerprint density at radius 1 is 1.17 bits per heavy atom. The van der Waals surface area contributed by atoms with E-state index < -0.39 is 5.97 Å². The van der Waals surface area contributed by atoms with E-state index in [2.05, 4.69) is 15.9 Å². The molecular weight excluding hydrogens is 364 g/mol. The molecule has 1 aliphatic rings. The number of hydrogen-bond acceptors (Lipinski definition) is 5. The molecule has 1 aliphatic heterocycles. The summed E-state index contributed by atoms with van der Waals surface area (Å²) in [7, 11) is 0. The summed E-state index contributed by atoms with van der Waals surface area (Å²) in [6.45, 7) is 2.84. The first-order chi connectivity index (χ1) is 11.2. The number of carbonyl (C=O) groups is 1. The zero-order chi connectivity index (χ0) is 16.2. The molecule has 0 unspecified atom stereocenters. The molecule has 120 valence electrons. The summed E-state index contributed by atoms with van der Waals surface area (Å²) < 4.78 is 22.1. The van der Waals surface area contributed by atoms with Gasteiger partial charge in [0, 0.05) is 10.0 Å². The number of halogens is 1. The average Bonchev–Trinajstić information content (AvgIpc) is 3.00. The van der Waals surface area contributed by atoms with Gasteiger partial charge in [0.1, 0.15) is 12.4 Å². The number of carbonyl (C=O) groups excluding carboxylic acids is 1. The lowest BCUT2D eigenvalue weighted by molar-refractivity contribution is 0.0471. The normalized spacial score (nSPS) is 12.1. The zero-order valence-corrected chi connectivity index (χ0v) is 14.1. The molecule has 5 nitrogen and oxygen atoms in total. The van der Waals surface area contributed by atoms with E-state index in [0.717, 1.165) is 15.8 Å². The van der Waals surface area contributed by atoms with Crippen molar-refractivity contribution >= 4 is 21.9 Å². The molecular formula is C17H15BrO5. The SMILES string of the molecule is CCOc1ccc(C(=O)OCc2cc3c(cc2Br)OCO3)cc1. The van der Waals surface area contributed by atoms with Gasteiger partial charge in [-0.3, -0.25) is 0 Å². The Kier molecular flexibility index (Phi) is 4.71. The van der Waals surface area contributed by atoms with Crippen LogP contribution in [0.15, 0.2) is 40.9 Å². The largest absolute Gasteiger partial charge is 0.494 e. The van der Waals surface area contributed by atoms with Crippen LogP contribution in [0.1, 0.15) is 22.8 Å². The van der Waals surface area contributed by atoms with E-state index in [1.54, 1.807) is 30.3 Å². The van der Waals surface area contributed by atoms with Crippen LogP contribution in [0.5, 0.6) is 17.2 Å². The lowest BCUT2D eigenvalue weighted by Gasteiger charge is -2.09. The lowest BCUT2D eigenvalue weighted by Crippen LogP contribution is -2.05. The number of hydrogen-bond donors (Lipinski definition) is 0. The minimum atomic E-state index is -0.391. The standard InChI is InChI=1S/C17H15BrO5/c1-2-20-13-5-3-11(4-6-13)17(19)21-9-12-7-15-16(8-14(12)18)23-10-22-15/h3-8H,2,9-10H2,1H3. The molecule has 2 aromatic rings. The molecule has 0 radical (unpaired) electrons. The highest BCUT2D eigenvalue weighted by Gasteiger charge is 2.17. The average molecular weight is 379 g/mol. The van der Waals surface area contributed by atoms with Crippen LogP contribution in [-0.4, -0.2) is 19.4 Å². The minimum absolute atomic E-state index is 0.142. The van der Waals surface area contributed by atoms with Gasteiger partial charge in [-0.05, 0) is 43.3 Å². The van der Waals surface area contributed by atoms with Crippen molar-refractivity contribution in [2.75, 3.05) is 13.4 Å². The molecule has 6 heteroatoms. The fourth-order valence-corrected chi connectivity index (χ4v) is 2.59. The maximum Gasteiger partial charge on any atom is 0.338 e. The number of fused-ring (bicyclic) bond motifs is 1. The maximum absolute atomic E-state index is 12.1. The number of rotatable bonds is 5. The molecule has 0 amide bonds. The van der Waals surface area contributed by atoms with Crippen molar-refractivity contribution in [3.05, 3.63) is 52.0 Å². The van der Waals surface area contributed by atoms with Crippen LogP contribution >= 0.6 is 15.9 Å². The van der Waals surface area contributed by atoms with Crippen LogP contribution in [0.4, 0.5) is 0 Å². The topological polar surface area (TPSA) is 54.0 Å². The molecule has 2 aromatic carbocycles. The Balaban J connectivity index is 1.65. The summed E-state index contributed by atoms with van der Waals surface area (Å²) in [5.74, 6) is 1.67. The van der Waals surface area contributed by atoms with E-state index in [9.17, 15) is 4.79 Å². The van der Waals surface area contributed by atoms with Gasteiger partial charge >= 0.3 is 5.97 Å². The monoisotopic (exact) mass is 378 g/mol. The van der Waals surface area contributed by atoms with Crippen LogP contribution in [-0.2, 0) is 11.3 Å². The van der Waals surface area contributed by atoms with Crippen molar-refractivity contribution in [2.24, 2.45) is 0 Å². The van der Waals surface area contributed by atoms with E-state index in [0.29, 0.717) is 23.7 Å². The van der Waals surface area contributed by atoms with E-state index >= 15 is 0 Å². The summed E-state index contributed by atoms with van der Waals surface area (Å²) >= 11 is 3.44. The molecule has 0 atom stereocenters. The maximum atomic E-state index is 12.1. The molecule has 0 aromatic heterocycles. The van der Waals surface area contributed by atoms with E-state index in [1.165, 1.54) is 0 Å². The van der Waals surface area contributed by atoms with Crippen molar-refractivity contribution in [1.29, 1.82) is 0 Å². The van der Waals surface area contributed by atoms with Gasteiger partial charge in [0.05, 0.1) is 12.2 Å². The van der Waals surface area contributed by atoms with Crippen molar-refractivity contribution < 1.29 is 23.7 Å². The Hall–Kier alpha value is -2.21. The first-order valence-corrected chi connectivity index (χ1v) is 7.94. The van der Waals surface area contributed by atoms with Crippen LogP contribution < -0.4 is 14.2 Å². The van der Waals surface area contributed by atoms with Crippen LogP contribution in [0.2, 0.25) is 0 Å². The first kappa shape index (κ1) is 15.7. The van der Waals surface area contributed by atoms with Gasteiger partial charge in [-0.2, -0.15) is 0 Å². The predicted molar refractivity (Wildman–Crippen MR) is 87.0 cm³/mol. The number of benzene rings is 2. The van der Waals surface area contributed by atoms with Gasteiger partial charge in [-0.15, -0.1) is 0 Å². The van der Waals surface area contributed by atoms with Gasteiger partial charge in [-0.25, -0.2) is 4.79 Å². The molecule has 0 N–H and O–H groups in total. The summed E-state index contributed by atoms with van der Waals surface area (Å²) in [5.41, 5.74) is 1.29. The van der Waals surface area contributed by atoms with Gasteiger partial charge in [-0.1, -0.05) is 15.9 Å². The molecule has 1 heterocycles. The highest BCUT2D eigenvalue weighted by molar-refractivity contribution is 9.10. The Bertz CT molecular complexity index is 712. The molecule has 3 rings (SSSR count). The lowest BCUT2D eigenvalue weighted by atomic mass is 10.2. The minimum Gasteiger partial charge on any atom is -0.494 e. The third kappa shape index (κ3) is 3.59. The molecule has 23 heavy (non-hydrogen) atoms. The molecule has 0 spiro atoms. The fourth-order valence-electron chi connectivity index (χ4n) is 2.15. The predicted octanol–water partition coefficient (Wildman–Crippen LogP) is 3.93. The fraction of sp³-hybridized carbons (Fsp3) is 0.235. The second kappa shape index (κ2) is 6.91. The smallest absolute Gasteiger partial charge is 0.338 e. The van der Waals surface area contributed by atoms with Crippen LogP contribution in [0, 0.1) is 0 Å². The number of esters is 1. The van der Waals surface area contributed by atoms with Crippen molar-refractivity contribution in [2.45, 2.75) is 13.5 Å². The second-order valence-electron chi connectivity index (χ2n) is 4.83. The van der Waals surface area contributed by atoms with Gasteiger partial charge < -0.3 is 18.9 Å². The summed E-state index contributed by atoms with van der Waals surface area (Å²) in [6.07, 6.45) is 0. The summed E-state index contributed by atoms with van der Waals surface area (Å²) in [4.78, 5) is 12.1.